The van der Waals surface area contributed by atoms with Crippen LogP contribution >= 0.6 is 27.3 Å². The van der Waals surface area contributed by atoms with Crippen molar-refractivity contribution in [2.24, 2.45) is 5.73 Å². The predicted molar refractivity (Wildman–Crippen MR) is 67.8 cm³/mol. The fourth-order valence-corrected chi connectivity index (χ4v) is 3.02. The molecule has 1 nitrogen and oxygen atoms in total. The molecule has 0 aliphatic heterocycles. The third kappa shape index (κ3) is 3.37. The summed E-state index contributed by atoms with van der Waals surface area (Å²) in [7, 11) is 0. The second-order valence-electron chi connectivity index (χ2n) is 3.66. The number of rotatable bonds is 5. The van der Waals surface area contributed by atoms with Gasteiger partial charge in [0.05, 0.1) is 0 Å². The van der Waals surface area contributed by atoms with E-state index in [1.54, 1.807) is 0 Å². The number of thiophene rings is 1. The molecular formula is C11H18BrNS. The van der Waals surface area contributed by atoms with Gasteiger partial charge >= 0.3 is 0 Å². The lowest BCUT2D eigenvalue weighted by atomic mass is 10.1. The van der Waals surface area contributed by atoms with Gasteiger partial charge in [0.15, 0.2) is 0 Å². The Morgan fingerprint density at radius 3 is 2.71 bits per heavy atom. The second kappa shape index (κ2) is 5.89. The molecule has 0 aromatic carbocycles. The molecule has 80 valence electrons. The van der Waals surface area contributed by atoms with Crippen molar-refractivity contribution in [2.45, 2.75) is 45.6 Å². The van der Waals surface area contributed by atoms with E-state index in [0.29, 0.717) is 0 Å². The molecule has 1 unspecified atom stereocenters. The number of hydrogen-bond acceptors (Lipinski definition) is 2. The molecule has 0 bridgehead atoms. The van der Waals surface area contributed by atoms with Crippen LogP contribution in [0.15, 0.2) is 10.5 Å². The largest absolute Gasteiger partial charge is 0.323 e. The molecule has 0 aliphatic rings. The van der Waals surface area contributed by atoms with Crippen molar-refractivity contribution in [3.8, 4) is 0 Å². The molecule has 14 heavy (non-hydrogen) atoms. The average molecular weight is 276 g/mol. The first-order valence-corrected chi connectivity index (χ1v) is 6.77. The van der Waals surface area contributed by atoms with Gasteiger partial charge in [0.1, 0.15) is 0 Å². The Labute approximate surface area is 98.8 Å². The van der Waals surface area contributed by atoms with Crippen molar-refractivity contribution in [1.29, 1.82) is 0 Å². The number of hydrogen-bond donors (Lipinski definition) is 1. The van der Waals surface area contributed by atoms with Gasteiger partial charge < -0.3 is 5.73 Å². The van der Waals surface area contributed by atoms with Crippen molar-refractivity contribution >= 4 is 27.3 Å². The standard InChI is InChI=1S/C11H18BrNS/c1-3-4-5-6-10(13)11-7-9(12)8(2)14-11/h7,10H,3-6,13H2,1-2H3. The Kier molecular flexibility index (Phi) is 5.13. The van der Waals surface area contributed by atoms with E-state index in [4.69, 9.17) is 5.73 Å². The molecule has 1 rings (SSSR count). The maximum Gasteiger partial charge on any atom is 0.0390 e. The highest BCUT2D eigenvalue weighted by Crippen LogP contribution is 2.31. The molecule has 1 atom stereocenters. The van der Waals surface area contributed by atoms with Gasteiger partial charge in [-0.15, -0.1) is 11.3 Å². The minimum atomic E-state index is 0.233. The summed E-state index contributed by atoms with van der Waals surface area (Å²) in [5, 5.41) is 0. The van der Waals surface area contributed by atoms with E-state index in [-0.39, 0.29) is 6.04 Å². The summed E-state index contributed by atoms with van der Waals surface area (Å²) in [6, 6.07) is 2.40. The third-order valence-electron chi connectivity index (χ3n) is 2.36. The summed E-state index contributed by atoms with van der Waals surface area (Å²) < 4.78 is 1.20. The summed E-state index contributed by atoms with van der Waals surface area (Å²) >= 11 is 5.33. The van der Waals surface area contributed by atoms with Gasteiger partial charge in [-0.05, 0) is 35.3 Å². The lowest BCUT2D eigenvalue weighted by molar-refractivity contribution is 0.587. The lowest BCUT2D eigenvalue weighted by Crippen LogP contribution is -2.07. The van der Waals surface area contributed by atoms with Crippen molar-refractivity contribution in [3.63, 3.8) is 0 Å². The molecule has 0 saturated heterocycles. The lowest BCUT2D eigenvalue weighted by Gasteiger charge is -2.08. The highest BCUT2D eigenvalue weighted by molar-refractivity contribution is 9.10. The Hall–Kier alpha value is 0.140. The number of aryl methyl sites for hydroxylation is 1. The summed E-state index contributed by atoms with van der Waals surface area (Å²) in [6.45, 7) is 4.34. The van der Waals surface area contributed by atoms with Crippen LogP contribution in [0.2, 0.25) is 0 Å². The molecule has 2 N–H and O–H groups in total. The summed E-state index contributed by atoms with van der Waals surface area (Å²) in [6.07, 6.45) is 4.91. The highest BCUT2D eigenvalue weighted by atomic mass is 79.9. The molecule has 1 heterocycles. The van der Waals surface area contributed by atoms with E-state index in [1.807, 2.05) is 11.3 Å². The monoisotopic (exact) mass is 275 g/mol. The van der Waals surface area contributed by atoms with Crippen LogP contribution in [0, 0.1) is 6.92 Å². The van der Waals surface area contributed by atoms with E-state index >= 15 is 0 Å². The van der Waals surface area contributed by atoms with Crippen LogP contribution in [0.25, 0.3) is 0 Å². The van der Waals surface area contributed by atoms with Crippen molar-refractivity contribution in [2.75, 3.05) is 0 Å². The molecule has 0 saturated carbocycles. The van der Waals surface area contributed by atoms with Crippen LogP contribution in [0.1, 0.15) is 48.4 Å². The zero-order valence-corrected chi connectivity index (χ0v) is 11.2. The van der Waals surface area contributed by atoms with Crippen LogP contribution in [0.5, 0.6) is 0 Å². The summed E-state index contributed by atoms with van der Waals surface area (Å²) in [4.78, 5) is 2.64. The van der Waals surface area contributed by atoms with Crippen LogP contribution in [0.4, 0.5) is 0 Å². The Morgan fingerprint density at radius 2 is 2.21 bits per heavy atom. The minimum Gasteiger partial charge on any atom is -0.323 e. The van der Waals surface area contributed by atoms with E-state index < -0.39 is 0 Å². The fourth-order valence-electron chi connectivity index (χ4n) is 1.42. The van der Waals surface area contributed by atoms with Crippen molar-refractivity contribution in [3.05, 3.63) is 20.3 Å². The van der Waals surface area contributed by atoms with Crippen LogP contribution in [-0.4, -0.2) is 0 Å². The van der Waals surface area contributed by atoms with Gasteiger partial charge in [0, 0.05) is 20.3 Å². The topological polar surface area (TPSA) is 26.0 Å². The van der Waals surface area contributed by atoms with Crippen LogP contribution in [-0.2, 0) is 0 Å². The average Bonchev–Trinajstić information content (AvgIpc) is 2.47. The third-order valence-corrected chi connectivity index (χ3v) is 4.63. The van der Waals surface area contributed by atoms with E-state index in [1.165, 1.54) is 33.5 Å². The van der Waals surface area contributed by atoms with E-state index in [0.717, 1.165) is 6.42 Å². The first kappa shape index (κ1) is 12.2. The quantitative estimate of drug-likeness (QED) is 0.792. The van der Waals surface area contributed by atoms with Gasteiger partial charge in [-0.3, -0.25) is 0 Å². The molecule has 3 heteroatoms. The molecule has 0 amide bonds. The molecule has 1 aromatic heterocycles. The maximum atomic E-state index is 6.11. The second-order valence-corrected chi connectivity index (χ2v) is 5.80. The Morgan fingerprint density at radius 1 is 1.50 bits per heavy atom. The molecule has 0 fully saturated rings. The molecule has 1 aromatic rings. The first-order valence-electron chi connectivity index (χ1n) is 5.16. The zero-order chi connectivity index (χ0) is 10.6. The van der Waals surface area contributed by atoms with E-state index in [9.17, 15) is 0 Å². The van der Waals surface area contributed by atoms with Gasteiger partial charge in [-0.1, -0.05) is 26.2 Å². The SMILES string of the molecule is CCCCCC(N)c1cc(Br)c(C)s1. The van der Waals surface area contributed by atoms with Gasteiger partial charge in [0.25, 0.3) is 0 Å². The molecule has 0 radical (unpaired) electrons. The fraction of sp³-hybridized carbons (Fsp3) is 0.636. The molecule has 0 aliphatic carbocycles. The Balaban J connectivity index is 2.47. The number of halogens is 1. The molecular weight excluding hydrogens is 258 g/mol. The minimum absolute atomic E-state index is 0.233. The number of unbranched alkanes of at least 4 members (excludes halogenated alkanes) is 2. The highest BCUT2D eigenvalue weighted by Gasteiger charge is 2.10. The van der Waals surface area contributed by atoms with Crippen LogP contribution in [0.3, 0.4) is 0 Å². The zero-order valence-electron chi connectivity index (χ0n) is 8.85. The smallest absolute Gasteiger partial charge is 0.0390 e. The summed E-state index contributed by atoms with van der Waals surface area (Å²) in [5.41, 5.74) is 6.11. The van der Waals surface area contributed by atoms with E-state index in [2.05, 4.69) is 35.8 Å². The number of nitrogens with two attached hydrogens (primary N) is 1. The van der Waals surface area contributed by atoms with Crippen LogP contribution < -0.4 is 5.73 Å². The molecule has 0 spiro atoms. The maximum absolute atomic E-state index is 6.11. The van der Waals surface area contributed by atoms with Gasteiger partial charge in [-0.2, -0.15) is 0 Å². The van der Waals surface area contributed by atoms with Gasteiger partial charge in [0.2, 0.25) is 0 Å². The predicted octanol–water partition coefficient (Wildman–Crippen LogP) is 4.40. The Bertz CT molecular complexity index is 263. The normalized spacial score (nSPS) is 13.1. The van der Waals surface area contributed by atoms with Crippen molar-refractivity contribution < 1.29 is 0 Å². The van der Waals surface area contributed by atoms with Gasteiger partial charge in [-0.25, -0.2) is 0 Å². The first-order chi connectivity index (χ1) is 6.65. The van der Waals surface area contributed by atoms with Crippen molar-refractivity contribution in [1.82, 2.24) is 0 Å². The summed E-state index contributed by atoms with van der Waals surface area (Å²) in [5.74, 6) is 0.